The summed E-state index contributed by atoms with van der Waals surface area (Å²) in [5.41, 5.74) is 3.89. The van der Waals surface area contributed by atoms with E-state index in [9.17, 15) is 0 Å². The van der Waals surface area contributed by atoms with Crippen LogP contribution in [0.2, 0.25) is 0 Å². The van der Waals surface area contributed by atoms with E-state index in [0.29, 0.717) is 12.1 Å². The van der Waals surface area contributed by atoms with Crippen LogP contribution in [0.5, 0.6) is 0 Å². The van der Waals surface area contributed by atoms with Gasteiger partial charge in [-0.15, -0.1) is 0 Å². The molecule has 0 unspecified atom stereocenters. The van der Waals surface area contributed by atoms with Crippen LogP contribution in [0.15, 0.2) is 30.7 Å². The van der Waals surface area contributed by atoms with Crippen molar-refractivity contribution in [2.24, 2.45) is 7.05 Å². The molecule has 2 rings (SSSR count). The van der Waals surface area contributed by atoms with E-state index in [1.807, 2.05) is 42.9 Å². The van der Waals surface area contributed by atoms with Crippen LogP contribution in [0.25, 0.3) is 0 Å². The maximum absolute atomic E-state index is 8.86. The number of rotatable bonds is 3. The lowest BCUT2D eigenvalue weighted by atomic mass is 10.1. The molecular weight excluding hydrogens is 212 g/mol. The minimum atomic E-state index is 0.670. The highest BCUT2D eigenvalue weighted by molar-refractivity contribution is 5.55. The summed E-state index contributed by atoms with van der Waals surface area (Å²) in [5, 5.41) is 12.2. The second-order valence-corrected chi connectivity index (χ2v) is 3.99. The van der Waals surface area contributed by atoms with E-state index < -0.39 is 0 Å². The quantitative estimate of drug-likeness (QED) is 0.873. The van der Waals surface area contributed by atoms with E-state index >= 15 is 0 Å². The Morgan fingerprint density at radius 3 is 2.94 bits per heavy atom. The van der Waals surface area contributed by atoms with Gasteiger partial charge in [0.15, 0.2) is 0 Å². The molecule has 0 aliphatic heterocycles. The summed E-state index contributed by atoms with van der Waals surface area (Å²) < 4.78 is 1.97. The average Bonchev–Trinajstić information content (AvgIpc) is 2.74. The first-order chi connectivity index (χ1) is 8.20. The monoisotopic (exact) mass is 226 g/mol. The van der Waals surface area contributed by atoms with Crippen molar-refractivity contribution in [2.75, 3.05) is 5.32 Å². The molecule has 0 fully saturated rings. The third-order valence-electron chi connectivity index (χ3n) is 2.74. The van der Waals surface area contributed by atoms with Gasteiger partial charge in [0, 0.05) is 18.9 Å². The third-order valence-corrected chi connectivity index (χ3v) is 2.74. The van der Waals surface area contributed by atoms with Crippen LogP contribution in [0.1, 0.15) is 16.8 Å². The second-order valence-electron chi connectivity index (χ2n) is 3.99. The molecule has 1 N–H and O–H groups in total. The maximum atomic E-state index is 8.86. The number of nitriles is 1. The van der Waals surface area contributed by atoms with Gasteiger partial charge in [-0.3, -0.25) is 0 Å². The predicted molar refractivity (Wildman–Crippen MR) is 66.4 cm³/mol. The molecule has 0 amide bonds. The third kappa shape index (κ3) is 2.45. The van der Waals surface area contributed by atoms with Crippen LogP contribution in [0.3, 0.4) is 0 Å². The highest BCUT2D eigenvalue weighted by atomic mass is 15.0. The number of anilines is 1. The van der Waals surface area contributed by atoms with Crippen molar-refractivity contribution in [3.63, 3.8) is 0 Å². The summed E-state index contributed by atoms with van der Waals surface area (Å²) in [7, 11) is 1.96. The molecule has 1 aromatic heterocycles. The number of aryl methyl sites for hydroxylation is 2. The average molecular weight is 226 g/mol. The number of hydrogen-bond acceptors (Lipinski definition) is 3. The largest absolute Gasteiger partial charge is 0.379 e. The molecule has 4 nitrogen and oxygen atoms in total. The minimum absolute atomic E-state index is 0.670. The minimum Gasteiger partial charge on any atom is -0.379 e. The predicted octanol–water partition coefficient (Wildman–Crippen LogP) is 2.21. The molecule has 17 heavy (non-hydrogen) atoms. The van der Waals surface area contributed by atoms with Crippen molar-refractivity contribution in [3.05, 3.63) is 47.5 Å². The second kappa shape index (κ2) is 4.71. The SMILES string of the molecule is Cc1ccc(C#N)cc1NCc1cncn1C. The van der Waals surface area contributed by atoms with E-state index in [1.54, 1.807) is 6.33 Å². The summed E-state index contributed by atoms with van der Waals surface area (Å²) in [6.07, 6.45) is 3.60. The van der Waals surface area contributed by atoms with Crippen LogP contribution in [0.4, 0.5) is 5.69 Å². The van der Waals surface area contributed by atoms with Crippen LogP contribution in [-0.2, 0) is 13.6 Å². The van der Waals surface area contributed by atoms with E-state index in [4.69, 9.17) is 5.26 Å². The number of nitrogens with one attached hydrogen (secondary N) is 1. The summed E-state index contributed by atoms with van der Waals surface area (Å²) in [5.74, 6) is 0. The van der Waals surface area contributed by atoms with E-state index in [2.05, 4.69) is 16.4 Å². The highest BCUT2D eigenvalue weighted by Gasteiger charge is 2.02. The lowest BCUT2D eigenvalue weighted by Crippen LogP contribution is -2.05. The first-order valence-electron chi connectivity index (χ1n) is 5.40. The Morgan fingerprint density at radius 2 is 2.29 bits per heavy atom. The molecular formula is C13H14N4. The van der Waals surface area contributed by atoms with Gasteiger partial charge < -0.3 is 9.88 Å². The van der Waals surface area contributed by atoms with Gasteiger partial charge in [0.1, 0.15) is 0 Å². The normalized spacial score (nSPS) is 9.94. The maximum Gasteiger partial charge on any atom is 0.0992 e. The fraction of sp³-hybridized carbons (Fsp3) is 0.231. The number of nitrogens with zero attached hydrogens (tertiary/aromatic N) is 3. The van der Waals surface area contributed by atoms with Crippen molar-refractivity contribution in [3.8, 4) is 6.07 Å². The van der Waals surface area contributed by atoms with E-state index in [1.165, 1.54) is 0 Å². The molecule has 0 saturated heterocycles. The van der Waals surface area contributed by atoms with Gasteiger partial charge in [0.05, 0.1) is 30.2 Å². The zero-order valence-electron chi connectivity index (χ0n) is 9.94. The van der Waals surface area contributed by atoms with Gasteiger partial charge in [0.25, 0.3) is 0 Å². The van der Waals surface area contributed by atoms with Gasteiger partial charge in [-0.05, 0) is 24.6 Å². The first-order valence-corrected chi connectivity index (χ1v) is 5.40. The van der Waals surface area contributed by atoms with Crippen molar-refractivity contribution in [2.45, 2.75) is 13.5 Å². The number of imidazole rings is 1. The van der Waals surface area contributed by atoms with Crippen LogP contribution in [-0.4, -0.2) is 9.55 Å². The standard InChI is InChI=1S/C13H14N4/c1-10-3-4-11(6-14)5-13(10)16-8-12-7-15-9-17(12)2/h3-5,7,9,16H,8H2,1-2H3. The van der Waals surface area contributed by atoms with Crippen molar-refractivity contribution in [1.82, 2.24) is 9.55 Å². The molecule has 0 atom stereocenters. The zero-order valence-corrected chi connectivity index (χ0v) is 9.94. The molecule has 2 aromatic rings. The molecule has 0 saturated carbocycles. The Hall–Kier alpha value is -2.28. The Balaban J connectivity index is 2.14. The van der Waals surface area contributed by atoms with Gasteiger partial charge in [-0.2, -0.15) is 5.26 Å². The molecule has 0 bridgehead atoms. The van der Waals surface area contributed by atoms with Crippen molar-refractivity contribution in [1.29, 1.82) is 5.26 Å². The van der Waals surface area contributed by atoms with E-state index in [0.717, 1.165) is 16.9 Å². The fourth-order valence-corrected chi connectivity index (χ4v) is 1.62. The molecule has 0 radical (unpaired) electrons. The van der Waals surface area contributed by atoms with Gasteiger partial charge in [-0.25, -0.2) is 4.98 Å². The number of aromatic nitrogens is 2. The molecule has 86 valence electrons. The molecule has 1 aromatic carbocycles. The van der Waals surface area contributed by atoms with Crippen LogP contribution in [0, 0.1) is 18.3 Å². The fourth-order valence-electron chi connectivity index (χ4n) is 1.62. The Labute approximate surface area is 101 Å². The summed E-state index contributed by atoms with van der Waals surface area (Å²) in [4.78, 5) is 4.06. The Bertz CT molecular complexity index is 563. The Kier molecular flexibility index (Phi) is 3.10. The molecule has 0 aliphatic carbocycles. The molecule has 4 heteroatoms. The molecule has 1 heterocycles. The van der Waals surface area contributed by atoms with E-state index in [-0.39, 0.29) is 0 Å². The summed E-state index contributed by atoms with van der Waals surface area (Å²) in [6, 6.07) is 7.78. The van der Waals surface area contributed by atoms with Gasteiger partial charge in [0.2, 0.25) is 0 Å². The topological polar surface area (TPSA) is 53.6 Å². The molecule has 0 spiro atoms. The smallest absolute Gasteiger partial charge is 0.0992 e. The van der Waals surface area contributed by atoms with Crippen molar-refractivity contribution >= 4 is 5.69 Å². The van der Waals surface area contributed by atoms with Crippen LogP contribution >= 0.6 is 0 Å². The number of benzene rings is 1. The molecule has 0 aliphatic rings. The lowest BCUT2D eigenvalue weighted by molar-refractivity contribution is 0.837. The highest BCUT2D eigenvalue weighted by Crippen LogP contribution is 2.17. The van der Waals surface area contributed by atoms with Crippen LogP contribution < -0.4 is 5.32 Å². The summed E-state index contributed by atoms with van der Waals surface area (Å²) in [6.45, 7) is 2.72. The van der Waals surface area contributed by atoms with Gasteiger partial charge >= 0.3 is 0 Å². The summed E-state index contributed by atoms with van der Waals surface area (Å²) >= 11 is 0. The lowest BCUT2D eigenvalue weighted by Gasteiger charge is -2.10. The zero-order chi connectivity index (χ0) is 12.3. The van der Waals surface area contributed by atoms with Crippen molar-refractivity contribution < 1.29 is 0 Å². The Morgan fingerprint density at radius 1 is 1.47 bits per heavy atom. The first kappa shape index (κ1) is 11.2. The van der Waals surface area contributed by atoms with Gasteiger partial charge in [-0.1, -0.05) is 6.07 Å². The number of hydrogen-bond donors (Lipinski definition) is 1.